The van der Waals surface area contributed by atoms with Crippen LogP contribution in [0.5, 0.6) is 0 Å². The maximum absolute atomic E-state index is 14.9. The average Bonchev–Trinajstić information content (AvgIpc) is 3.17. The first kappa shape index (κ1) is 19.6. The Labute approximate surface area is 161 Å². The van der Waals surface area contributed by atoms with Crippen LogP contribution >= 0.6 is 0 Å². The smallest absolute Gasteiger partial charge is 0.214 e. The number of halogens is 1. The van der Waals surface area contributed by atoms with Gasteiger partial charge in [-0.2, -0.15) is 0 Å². The zero-order valence-electron chi connectivity index (χ0n) is 16.7. The molecule has 1 aliphatic heterocycles. The lowest BCUT2D eigenvalue weighted by Gasteiger charge is -2.47. The molecule has 1 aliphatic rings. The maximum Gasteiger partial charge on any atom is 0.214 e. The molecule has 2 aromatic rings. The van der Waals surface area contributed by atoms with E-state index in [1.54, 1.807) is 11.0 Å². The number of nitrogens with zero attached hydrogens (tertiary/aromatic N) is 2. The highest BCUT2D eigenvalue weighted by Crippen LogP contribution is 2.42. The number of carbonyl (C=O) groups excluding carboxylic acids is 1. The van der Waals surface area contributed by atoms with Gasteiger partial charge in [0.05, 0.1) is 6.04 Å². The molecular formula is C23H29FN2O. The Balaban J connectivity index is 2.19. The molecule has 0 radical (unpaired) electrons. The molecule has 4 heteroatoms. The molecule has 144 valence electrons. The Morgan fingerprint density at radius 2 is 1.63 bits per heavy atom. The lowest BCUT2D eigenvalue weighted by molar-refractivity contribution is -0.108. The van der Waals surface area contributed by atoms with Crippen molar-refractivity contribution >= 4 is 12.1 Å². The fraction of sp³-hybridized carbons (Fsp3) is 0.435. The third kappa shape index (κ3) is 3.63. The van der Waals surface area contributed by atoms with E-state index in [-0.39, 0.29) is 5.82 Å². The van der Waals surface area contributed by atoms with Gasteiger partial charge in [0.2, 0.25) is 6.41 Å². The summed E-state index contributed by atoms with van der Waals surface area (Å²) in [7, 11) is 0. The molecular weight excluding hydrogens is 339 g/mol. The summed E-state index contributed by atoms with van der Waals surface area (Å²) in [6, 6.07) is 12.4. The monoisotopic (exact) mass is 368 g/mol. The van der Waals surface area contributed by atoms with Gasteiger partial charge >= 0.3 is 0 Å². The molecule has 0 N–H and O–H groups in total. The van der Waals surface area contributed by atoms with Gasteiger partial charge in [0.15, 0.2) is 0 Å². The summed E-state index contributed by atoms with van der Waals surface area (Å²) >= 11 is 0. The van der Waals surface area contributed by atoms with Crippen molar-refractivity contribution in [2.75, 3.05) is 18.0 Å². The minimum absolute atomic E-state index is 0.271. The van der Waals surface area contributed by atoms with Gasteiger partial charge in [-0.3, -0.25) is 9.69 Å². The Morgan fingerprint density at radius 3 is 2.19 bits per heavy atom. The third-order valence-electron chi connectivity index (χ3n) is 5.88. The number of hydrogen-bond donors (Lipinski definition) is 0. The van der Waals surface area contributed by atoms with Crippen LogP contribution in [0.1, 0.15) is 49.4 Å². The number of likely N-dealkylation sites (tertiary alicyclic amines) is 1. The second-order valence-electron chi connectivity index (χ2n) is 8.02. The number of hydrogen-bond acceptors (Lipinski definition) is 2. The van der Waals surface area contributed by atoms with Crippen LogP contribution in [0.15, 0.2) is 42.5 Å². The largest absolute Gasteiger partial charge is 0.305 e. The quantitative estimate of drug-likeness (QED) is 0.668. The summed E-state index contributed by atoms with van der Waals surface area (Å²) in [5, 5.41) is 0. The average molecular weight is 368 g/mol. The lowest BCUT2D eigenvalue weighted by atomic mass is 9.84. The second-order valence-corrected chi connectivity index (χ2v) is 8.02. The molecule has 0 bridgehead atoms. The molecule has 1 atom stereocenters. The summed E-state index contributed by atoms with van der Waals surface area (Å²) in [4.78, 5) is 16.5. The van der Waals surface area contributed by atoms with Crippen LogP contribution in [0.25, 0.3) is 0 Å². The number of aryl methyl sites for hydroxylation is 2. The van der Waals surface area contributed by atoms with Crippen LogP contribution in [0.4, 0.5) is 10.1 Å². The molecule has 2 aromatic carbocycles. The summed E-state index contributed by atoms with van der Waals surface area (Å²) < 4.78 is 14.9. The van der Waals surface area contributed by atoms with Crippen LogP contribution in [-0.4, -0.2) is 29.9 Å². The molecule has 1 heterocycles. The predicted octanol–water partition coefficient (Wildman–Crippen LogP) is 5.02. The molecule has 0 spiro atoms. The van der Waals surface area contributed by atoms with Gasteiger partial charge in [-0.25, -0.2) is 4.39 Å². The van der Waals surface area contributed by atoms with Crippen LogP contribution in [0.2, 0.25) is 0 Å². The van der Waals surface area contributed by atoms with Gasteiger partial charge in [0.25, 0.3) is 0 Å². The van der Waals surface area contributed by atoms with Crippen molar-refractivity contribution < 1.29 is 9.18 Å². The van der Waals surface area contributed by atoms with Gasteiger partial charge in [-0.1, -0.05) is 36.4 Å². The first-order valence-electron chi connectivity index (χ1n) is 9.67. The van der Waals surface area contributed by atoms with E-state index in [4.69, 9.17) is 0 Å². The van der Waals surface area contributed by atoms with Crippen molar-refractivity contribution in [3.05, 3.63) is 65.0 Å². The predicted molar refractivity (Wildman–Crippen MR) is 108 cm³/mol. The van der Waals surface area contributed by atoms with Crippen molar-refractivity contribution in [2.45, 2.75) is 52.1 Å². The summed E-state index contributed by atoms with van der Waals surface area (Å²) in [5.74, 6) is -0.271. The first-order valence-corrected chi connectivity index (χ1v) is 9.67. The SMILES string of the molecule is Cc1cccc(C)c1N(C=O)C(c1ccccc1F)C(C)(C)N1CCCC1. The van der Waals surface area contributed by atoms with Crippen LogP contribution < -0.4 is 4.90 Å². The van der Waals surface area contributed by atoms with E-state index in [1.165, 1.54) is 6.07 Å². The zero-order valence-corrected chi connectivity index (χ0v) is 16.7. The Hall–Kier alpha value is -2.20. The normalized spacial score (nSPS) is 16.3. The molecule has 1 amide bonds. The highest BCUT2D eigenvalue weighted by Gasteiger charge is 2.43. The first-order chi connectivity index (χ1) is 12.9. The molecule has 3 rings (SSSR count). The van der Waals surface area contributed by atoms with Gasteiger partial charge in [-0.15, -0.1) is 0 Å². The third-order valence-corrected chi connectivity index (χ3v) is 5.88. The standard InChI is InChI=1S/C23H29FN2O/c1-17-10-9-11-18(2)21(17)26(16-27)22(19-12-5-6-13-20(19)24)23(3,4)25-14-7-8-15-25/h5-6,9-13,16,22H,7-8,14-15H2,1-4H3. The van der Waals surface area contributed by atoms with E-state index in [0.717, 1.165) is 49.2 Å². The van der Waals surface area contributed by atoms with Crippen molar-refractivity contribution in [1.82, 2.24) is 4.90 Å². The Bertz CT molecular complexity index is 792. The fourth-order valence-electron chi connectivity index (χ4n) is 4.49. The summed E-state index contributed by atoms with van der Waals surface area (Å²) in [6.45, 7) is 10.2. The summed E-state index contributed by atoms with van der Waals surface area (Å²) in [5.41, 5.74) is 3.05. The lowest BCUT2D eigenvalue weighted by Crippen LogP contribution is -2.53. The number of para-hydroxylation sites is 1. The molecule has 1 unspecified atom stereocenters. The molecule has 27 heavy (non-hydrogen) atoms. The van der Waals surface area contributed by atoms with Gasteiger partial charge < -0.3 is 4.90 Å². The highest BCUT2D eigenvalue weighted by atomic mass is 19.1. The zero-order chi connectivity index (χ0) is 19.6. The van der Waals surface area contributed by atoms with Gasteiger partial charge in [0.1, 0.15) is 5.82 Å². The maximum atomic E-state index is 14.9. The topological polar surface area (TPSA) is 23.6 Å². The number of amides is 1. The Kier molecular flexibility index (Phi) is 5.66. The van der Waals surface area contributed by atoms with Crippen molar-refractivity contribution in [3.63, 3.8) is 0 Å². The minimum Gasteiger partial charge on any atom is -0.305 e. The molecule has 0 aromatic heterocycles. The number of anilines is 1. The van der Waals surface area contributed by atoms with Gasteiger partial charge in [-0.05, 0) is 70.8 Å². The second kappa shape index (κ2) is 7.81. The highest BCUT2D eigenvalue weighted by molar-refractivity contribution is 5.80. The van der Waals surface area contributed by atoms with E-state index in [1.807, 2.05) is 44.2 Å². The molecule has 1 fully saturated rings. The van der Waals surface area contributed by atoms with Crippen LogP contribution in [-0.2, 0) is 4.79 Å². The molecule has 1 saturated heterocycles. The van der Waals surface area contributed by atoms with Crippen LogP contribution in [0, 0.1) is 19.7 Å². The number of rotatable bonds is 6. The molecule has 3 nitrogen and oxygen atoms in total. The van der Waals surface area contributed by atoms with E-state index in [0.29, 0.717) is 5.56 Å². The molecule has 0 saturated carbocycles. The minimum atomic E-state index is -0.422. The van der Waals surface area contributed by atoms with E-state index >= 15 is 0 Å². The number of benzene rings is 2. The van der Waals surface area contributed by atoms with Crippen LogP contribution in [0.3, 0.4) is 0 Å². The fourth-order valence-corrected chi connectivity index (χ4v) is 4.49. The van der Waals surface area contributed by atoms with E-state index in [9.17, 15) is 9.18 Å². The van der Waals surface area contributed by atoms with Crippen molar-refractivity contribution in [3.8, 4) is 0 Å². The van der Waals surface area contributed by atoms with Gasteiger partial charge in [0, 0.05) is 16.8 Å². The summed E-state index contributed by atoms with van der Waals surface area (Å²) in [6.07, 6.45) is 3.14. The van der Waals surface area contributed by atoms with Crippen molar-refractivity contribution in [2.24, 2.45) is 0 Å². The Morgan fingerprint density at radius 1 is 1.04 bits per heavy atom. The molecule has 0 aliphatic carbocycles. The number of carbonyl (C=O) groups is 1. The van der Waals surface area contributed by atoms with E-state index in [2.05, 4.69) is 18.7 Å². The van der Waals surface area contributed by atoms with Crippen molar-refractivity contribution in [1.29, 1.82) is 0 Å². The van der Waals surface area contributed by atoms with E-state index < -0.39 is 11.6 Å².